The first-order valence-corrected chi connectivity index (χ1v) is 10.3. The largest absolute Gasteiger partial charge is 0.479 e. The maximum atomic E-state index is 10.2. The van der Waals surface area contributed by atoms with E-state index in [9.17, 15) is 5.11 Å². The molecular formula is C22H23ClN4O2. The van der Waals surface area contributed by atoms with Crippen molar-refractivity contribution < 1.29 is 9.84 Å². The van der Waals surface area contributed by atoms with E-state index in [1.165, 1.54) is 0 Å². The van der Waals surface area contributed by atoms with Crippen LogP contribution in [0.5, 0.6) is 6.01 Å². The number of aromatic nitrogens is 2. The maximum Gasteiger partial charge on any atom is 0.316 e. The highest BCUT2D eigenvalue weighted by molar-refractivity contribution is 6.35. The van der Waals surface area contributed by atoms with Gasteiger partial charge in [-0.15, -0.1) is 0 Å². The lowest BCUT2D eigenvalue weighted by atomic mass is 9.94. The monoisotopic (exact) mass is 410 g/mol. The van der Waals surface area contributed by atoms with Gasteiger partial charge in [0.05, 0.1) is 18.4 Å². The molecule has 2 aliphatic rings. The van der Waals surface area contributed by atoms with E-state index in [1.807, 2.05) is 18.2 Å². The fourth-order valence-electron chi connectivity index (χ4n) is 4.31. The van der Waals surface area contributed by atoms with E-state index in [1.54, 1.807) is 0 Å². The summed E-state index contributed by atoms with van der Waals surface area (Å²) in [5.74, 6) is 0.801. The summed E-state index contributed by atoms with van der Waals surface area (Å²) in [5.41, 5.74) is 2.89. The molecule has 1 saturated heterocycles. The number of likely N-dealkylation sites (N-methyl/N-ethyl adjacent to an activating group) is 1. The number of halogens is 1. The van der Waals surface area contributed by atoms with Gasteiger partial charge in [-0.25, -0.2) is 0 Å². The molecule has 1 atom stereocenters. The van der Waals surface area contributed by atoms with Crippen molar-refractivity contribution in [3.63, 3.8) is 0 Å². The molecule has 2 aromatic carbocycles. The molecule has 3 aromatic rings. The topological polar surface area (TPSA) is 61.7 Å². The molecule has 6 nitrogen and oxygen atoms in total. The highest BCUT2D eigenvalue weighted by Crippen LogP contribution is 2.39. The van der Waals surface area contributed by atoms with Crippen LogP contribution in [0.2, 0.25) is 5.02 Å². The summed E-state index contributed by atoms with van der Waals surface area (Å²) in [4.78, 5) is 13.2. The van der Waals surface area contributed by atoms with Crippen molar-refractivity contribution in [1.29, 1.82) is 0 Å². The normalized spacial score (nSPS) is 20.1. The van der Waals surface area contributed by atoms with Crippen LogP contribution >= 0.6 is 11.6 Å². The van der Waals surface area contributed by atoms with Crippen molar-refractivity contribution in [3.05, 3.63) is 58.2 Å². The molecule has 5 rings (SSSR count). The van der Waals surface area contributed by atoms with Gasteiger partial charge < -0.3 is 19.6 Å². The summed E-state index contributed by atoms with van der Waals surface area (Å²) in [6.07, 6.45) is 0.414. The Morgan fingerprint density at radius 3 is 2.62 bits per heavy atom. The molecule has 1 fully saturated rings. The molecule has 7 heteroatoms. The number of rotatable bonds is 2. The molecular weight excluding hydrogens is 388 g/mol. The number of piperazine rings is 1. The van der Waals surface area contributed by atoms with Gasteiger partial charge in [0.25, 0.3) is 0 Å². The molecule has 1 aromatic heterocycles. The summed E-state index contributed by atoms with van der Waals surface area (Å²) < 4.78 is 6.29. The summed E-state index contributed by atoms with van der Waals surface area (Å²) in [6.45, 7) is 4.11. The van der Waals surface area contributed by atoms with E-state index in [0.717, 1.165) is 64.6 Å². The summed E-state index contributed by atoms with van der Waals surface area (Å²) >= 11 is 6.51. The van der Waals surface area contributed by atoms with Crippen LogP contribution in [0.15, 0.2) is 36.4 Å². The number of nitrogens with zero attached hydrogens (tertiary/aromatic N) is 4. The summed E-state index contributed by atoms with van der Waals surface area (Å²) in [5, 5.41) is 13.0. The number of ether oxygens (including phenoxy) is 1. The van der Waals surface area contributed by atoms with Crippen LogP contribution in [0.25, 0.3) is 10.8 Å². The number of fused-ring (bicyclic) bond motifs is 2. The molecule has 3 heterocycles. The lowest BCUT2D eigenvalue weighted by molar-refractivity contribution is 0.0266. The lowest BCUT2D eigenvalue weighted by Gasteiger charge is -2.36. The second-order valence-corrected chi connectivity index (χ2v) is 8.16. The van der Waals surface area contributed by atoms with Crippen molar-refractivity contribution in [2.75, 3.05) is 38.1 Å². The standard InChI is InChI=1S/C22H23ClN4O2/c1-26-8-10-27(11-9-26)21-16-13-29-19(12-18(16)24-22(28)25-21)15-6-2-4-14-5-3-7-17(23)20(14)15/h2-7,19H,8-13H2,1H3,(H,24,25,28). The molecule has 29 heavy (non-hydrogen) atoms. The predicted molar refractivity (Wildman–Crippen MR) is 114 cm³/mol. The maximum absolute atomic E-state index is 10.2. The van der Waals surface area contributed by atoms with Crippen LogP contribution in [0.4, 0.5) is 5.82 Å². The molecule has 0 spiro atoms. The third-order valence-electron chi connectivity index (χ3n) is 5.90. The fourth-order valence-corrected chi connectivity index (χ4v) is 4.60. The molecule has 0 amide bonds. The highest BCUT2D eigenvalue weighted by atomic mass is 35.5. The van der Waals surface area contributed by atoms with Crippen LogP contribution in [0, 0.1) is 0 Å². The van der Waals surface area contributed by atoms with Crippen LogP contribution < -0.4 is 4.90 Å². The number of hydrogen-bond donors (Lipinski definition) is 1. The van der Waals surface area contributed by atoms with Gasteiger partial charge in [0.1, 0.15) is 5.82 Å². The molecule has 0 radical (unpaired) electrons. The minimum Gasteiger partial charge on any atom is -0.479 e. The van der Waals surface area contributed by atoms with E-state index in [2.05, 4.69) is 45.0 Å². The Morgan fingerprint density at radius 1 is 1.07 bits per heavy atom. The van der Waals surface area contributed by atoms with E-state index < -0.39 is 0 Å². The van der Waals surface area contributed by atoms with Gasteiger partial charge in [-0.2, -0.15) is 9.97 Å². The predicted octanol–water partition coefficient (Wildman–Crippen LogP) is 3.55. The summed E-state index contributed by atoms with van der Waals surface area (Å²) in [7, 11) is 2.12. The molecule has 0 saturated carbocycles. The van der Waals surface area contributed by atoms with Crippen molar-refractivity contribution in [2.45, 2.75) is 19.1 Å². The van der Waals surface area contributed by atoms with Gasteiger partial charge in [-0.3, -0.25) is 0 Å². The van der Waals surface area contributed by atoms with Gasteiger partial charge in [0.15, 0.2) is 0 Å². The first-order chi connectivity index (χ1) is 14.1. The first kappa shape index (κ1) is 18.6. The molecule has 0 bridgehead atoms. The number of anilines is 1. The number of benzene rings is 2. The van der Waals surface area contributed by atoms with Crippen molar-refractivity contribution in [1.82, 2.24) is 14.9 Å². The zero-order chi connectivity index (χ0) is 20.0. The first-order valence-electron chi connectivity index (χ1n) is 9.91. The zero-order valence-electron chi connectivity index (χ0n) is 16.3. The van der Waals surface area contributed by atoms with Crippen LogP contribution in [0.1, 0.15) is 22.9 Å². The Kier molecular flexibility index (Phi) is 4.78. The van der Waals surface area contributed by atoms with E-state index >= 15 is 0 Å². The van der Waals surface area contributed by atoms with Crippen molar-refractivity contribution in [3.8, 4) is 6.01 Å². The SMILES string of the molecule is CN1CCN(c2nc(O)nc3c2COC(c2cccc4cccc(Cl)c24)C3)CC1. The Bertz CT molecular complexity index is 1060. The molecule has 1 N–H and O–H groups in total. The third-order valence-corrected chi connectivity index (χ3v) is 6.22. The van der Waals surface area contributed by atoms with Gasteiger partial charge in [-0.05, 0) is 24.1 Å². The second-order valence-electron chi connectivity index (χ2n) is 7.75. The minimum atomic E-state index is -0.172. The van der Waals surface area contributed by atoms with Gasteiger partial charge in [0, 0.05) is 48.6 Å². The lowest BCUT2D eigenvalue weighted by Crippen LogP contribution is -2.45. The van der Waals surface area contributed by atoms with Gasteiger partial charge >= 0.3 is 6.01 Å². The number of aromatic hydroxyl groups is 1. The Hall–Kier alpha value is -2.41. The van der Waals surface area contributed by atoms with Crippen molar-refractivity contribution in [2.24, 2.45) is 0 Å². The quantitative estimate of drug-likeness (QED) is 0.697. The number of hydrogen-bond acceptors (Lipinski definition) is 6. The smallest absolute Gasteiger partial charge is 0.316 e. The van der Waals surface area contributed by atoms with E-state index in [-0.39, 0.29) is 12.1 Å². The molecule has 0 aliphatic carbocycles. The average Bonchev–Trinajstić information content (AvgIpc) is 2.73. The fraction of sp³-hybridized carbons (Fsp3) is 0.364. The van der Waals surface area contributed by atoms with Crippen LogP contribution in [-0.4, -0.2) is 53.2 Å². The third kappa shape index (κ3) is 3.41. The average molecular weight is 411 g/mol. The van der Waals surface area contributed by atoms with Crippen LogP contribution in [-0.2, 0) is 17.8 Å². The van der Waals surface area contributed by atoms with E-state index in [0.29, 0.717) is 13.0 Å². The van der Waals surface area contributed by atoms with E-state index in [4.69, 9.17) is 16.3 Å². The molecule has 2 aliphatic heterocycles. The Balaban J connectivity index is 1.51. The highest BCUT2D eigenvalue weighted by Gasteiger charge is 2.29. The van der Waals surface area contributed by atoms with Crippen LogP contribution in [0.3, 0.4) is 0 Å². The Labute approximate surface area is 174 Å². The van der Waals surface area contributed by atoms with Crippen molar-refractivity contribution >= 4 is 28.2 Å². The second kappa shape index (κ2) is 7.44. The van der Waals surface area contributed by atoms with Gasteiger partial charge in [0.2, 0.25) is 0 Å². The zero-order valence-corrected chi connectivity index (χ0v) is 17.1. The molecule has 1 unspecified atom stereocenters. The molecule has 150 valence electrons. The Morgan fingerprint density at radius 2 is 1.83 bits per heavy atom. The van der Waals surface area contributed by atoms with Gasteiger partial charge in [-0.1, -0.05) is 41.9 Å². The summed E-state index contributed by atoms with van der Waals surface area (Å²) in [6, 6.07) is 11.9. The minimum absolute atomic E-state index is 0.166.